The molecular formula is C12H14Cl2N4O2. The lowest BCUT2D eigenvalue weighted by molar-refractivity contribution is 0.415. The number of H-pyrrole nitrogens is 1. The molecule has 1 unspecified atom stereocenters. The third-order valence-corrected chi connectivity index (χ3v) is 2.87. The van der Waals surface area contributed by atoms with Crippen LogP contribution < -0.4 is 16.0 Å². The van der Waals surface area contributed by atoms with E-state index in [1.54, 1.807) is 25.1 Å². The van der Waals surface area contributed by atoms with Gasteiger partial charge in [-0.25, -0.2) is 0 Å². The molecule has 2 aromatic rings. The maximum absolute atomic E-state index is 11.8. The van der Waals surface area contributed by atoms with Gasteiger partial charge in [0.25, 0.3) is 5.56 Å². The van der Waals surface area contributed by atoms with Gasteiger partial charge in [-0.3, -0.25) is 4.79 Å². The average molecular weight is 317 g/mol. The van der Waals surface area contributed by atoms with Crippen molar-refractivity contribution in [2.45, 2.75) is 13.0 Å². The van der Waals surface area contributed by atoms with Gasteiger partial charge < -0.3 is 15.5 Å². The quantitative estimate of drug-likeness (QED) is 0.902. The summed E-state index contributed by atoms with van der Waals surface area (Å²) >= 11 is 6.02. The number of hydrogen-bond acceptors (Lipinski definition) is 5. The average Bonchev–Trinajstić information content (AvgIpc) is 2.38. The summed E-state index contributed by atoms with van der Waals surface area (Å²) in [5.74, 6) is 0.881. The second-order valence-corrected chi connectivity index (χ2v) is 4.43. The van der Waals surface area contributed by atoms with E-state index >= 15 is 0 Å². The van der Waals surface area contributed by atoms with Crippen LogP contribution in [-0.2, 0) is 0 Å². The van der Waals surface area contributed by atoms with Gasteiger partial charge >= 0.3 is 0 Å². The zero-order valence-electron chi connectivity index (χ0n) is 10.9. The Kier molecular flexibility index (Phi) is 5.50. The molecule has 1 aromatic carbocycles. The number of rotatable bonds is 3. The van der Waals surface area contributed by atoms with Gasteiger partial charge in [0, 0.05) is 5.56 Å². The Morgan fingerprint density at radius 3 is 2.60 bits per heavy atom. The highest BCUT2D eigenvalue weighted by Gasteiger charge is 2.11. The summed E-state index contributed by atoms with van der Waals surface area (Å²) in [7, 11) is 1.53. The number of methoxy groups -OCH3 is 1. The molecule has 8 heteroatoms. The van der Waals surface area contributed by atoms with E-state index < -0.39 is 6.04 Å². The molecule has 0 saturated heterocycles. The highest BCUT2D eigenvalue weighted by atomic mass is 35.5. The van der Waals surface area contributed by atoms with E-state index in [0.29, 0.717) is 22.2 Å². The Labute approximate surface area is 126 Å². The lowest BCUT2D eigenvalue weighted by atomic mass is 10.2. The number of nitrogens with zero attached hydrogens (tertiary/aromatic N) is 2. The molecule has 1 aromatic heterocycles. The van der Waals surface area contributed by atoms with E-state index in [4.69, 9.17) is 22.1 Å². The van der Waals surface area contributed by atoms with Crippen molar-refractivity contribution in [1.29, 1.82) is 0 Å². The van der Waals surface area contributed by atoms with Crippen LogP contribution in [0.5, 0.6) is 5.75 Å². The molecule has 0 aliphatic rings. The van der Waals surface area contributed by atoms with Crippen LogP contribution in [0.4, 0.5) is 0 Å². The third kappa shape index (κ3) is 3.27. The van der Waals surface area contributed by atoms with Gasteiger partial charge in [0.15, 0.2) is 5.82 Å². The van der Waals surface area contributed by atoms with Crippen LogP contribution in [0.3, 0.4) is 0 Å². The van der Waals surface area contributed by atoms with E-state index in [2.05, 4.69) is 15.2 Å². The molecule has 2 rings (SSSR count). The second kappa shape index (κ2) is 6.69. The van der Waals surface area contributed by atoms with E-state index in [-0.39, 0.29) is 23.7 Å². The van der Waals surface area contributed by atoms with Crippen molar-refractivity contribution >= 4 is 24.0 Å². The Bertz CT molecular complexity index is 658. The lowest BCUT2D eigenvalue weighted by Gasteiger charge is -2.06. The Morgan fingerprint density at radius 1 is 1.40 bits per heavy atom. The van der Waals surface area contributed by atoms with E-state index in [1.165, 1.54) is 7.11 Å². The van der Waals surface area contributed by atoms with E-state index in [1.807, 2.05) is 0 Å². The summed E-state index contributed by atoms with van der Waals surface area (Å²) in [5.41, 5.74) is 6.09. The number of nitrogens with two attached hydrogens (primary N) is 1. The summed E-state index contributed by atoms with van der Waals surface area (Å²) < 4.78 is 5.05. The zero-order chi connectivity index (χ0) is 14.0. The van der Waals surface area contributed by atoms with Gasteiger partial charge in [0.1, 0.15) is 11.4 Å². The highest BCUT2D eigenvalue weighted by Crippen LogP contribution is 2.28. The zero-order valence-corrected chi connectivity index (χ0v) is 12.5. The van der Waals surface area contributed by atoms with Gasteiger partial charge in [-0.1, -0.05) is 11.6 Å². The van der Waals surface area contributed by atoms with Gasteiger partial charge in [-0.05, 0) is 25.1 Å². The minimum Gasteiger partial charge on any atom is -0.495 e. The predicted molar refractivity (Wildman–Crippen MR) is 79.5 cm³/mol. The smallest absolute Gasteiger partial charge is 0.274 e. The van der Waals surface area contributed by atoms with Crippen molar-refractivity contribution in [3.05, 3.63) is 39.3 Å². The lowest BCUT2D eigenvalue weighted by Crippen LogP contribution is -2.23. The Morgan fingerprint density at radius 2 is 2.10 bits per heavy atom. The molecule has 3 N–H and O–H groups in total. The van der Waals surface area contributed by atoms with Crippen molar-refractivity contribution in [3.63, 3.8) is 0 Å². The Balaban J connectivity index is 0.00000200. The first kappa shape index (κ1) is 16.4. The van der Waals surface area contributed by atoms with Crippen molar-refractivity contribution in [2.24, 2.45) is 5.73 Å². The van der Waals surface area contributed by atoms with Crippen LogP contribution in [0.15, 0.2) is 23.0 Å². The molecule has 0 radical (unpaired) electrons. The SMILES string of the molecule is COc1ccc(-c2nnc(C(C)N)c(=O)[nH]2)cc1Cl.Cl. The molecule has 1 heterocycles. The third-order valence-electron chi connectivity index (χ3n) is 2.58. The van der Waals surface area contributed by atoms with Crippen molar-refractivity contribution in [1.82, 2.24) is 15.2 Å². The van der Waals surface area contributed by atoms with E-state index in [9.17, 15) is 4.79 Å². The molecule has 20 heavy (non-hydrogen) atoms. The molecule has 1 atom stereocenters. The minimum absolute atomic E-state index is 0. The summed E-state index contributed by atoms with van der Waals surface area (Å²) in [6, 6.07) is 4.60. The van der Waals surface area contributed by atoms with Gasteiger partial charge in [-0.2, -0.15) is 0 Å². The maximum atomic E-state index is 11.8. The molecule has 0 fully saturated rings. The molecule has 0 spiro atoms. The first-order chi connectivity index (χ1) is 9.02. The van der Waals surface area contributed by atoms with Gasteiger partial charge in [0.05, 0.1) is 18.2 Å². The monoisotopic (exact) mass is 316 g/mol. The number of aromatic amines is 1. The summed E-state index contributed by atoms with van der Waals surface area (Å²) in [4.78, 5) is 14.4. The normalized spacial score (nSPS) is 11.6. The number of ether oxygens (including phenoxy) is 1. The highest BCUT2D eigenvalue weighted by molar-refractivity contribution is 6.32. The summed E-state index contributed by atoms with van der Waals surface area (Å²) in [5, 5.41) is 8.21. The van der Waals surface area contributed by atoms with E-state index in [0.717, 1.165) is 0 Å². The van der Waals surface area contributed by atoms with Crippen LogP contribution in [0, 0.1) is 0 Å². The Hall–Kier alpha value is -1.63. The topological polar surface area (TPSA) is 93.9 Å². The molecule has 0 aliphatic carbocycles. The predicted octanol–water partition coefficient (Wildman–Crippen LogP) is 1.94. The van der Waals surface area contributed by atoms with Crippen molar-refractivity contribution in [2.75, 3.05) is 7.11 Å². The number of nitrogens with one attached hydrogen (secondary N) is 1. The molecular weight excluding hydrogens is 303 g/mol. The van der Waals surface area contributed by atoms with Gasteiger partial charge in [-0.15, -0.1) is 22.6 Å². The first-order valence-electron chi connectivity index (χ1n) is 5.59. The fraction of sp³-hybridized carbons (Fsp3) is 0.250. The largest absolute Gasteiger partial charge is 0.495 e. The number of benzene rings is 1. The summed E-state index contributed by atoms with van der Waals surface area (Å²) in [6.45, 7) is 1.67. The second-order valence-electron chi connectivity index (χ2n) is 4.03. The van der Waals surface area contributed by atoms with Crippen LogP contribution in [0.1, 0.15) is 18.7 Å². The molecule has 0 aliphatic heterocycles. The minimum atomic E-state index is -0.468. The molecule has 0 saturated carbocycles. The van der Waals surface area contributed by atoms with Crippen molar-refractivity contribution in [3.8, 4) is 17.1 Å². The molecule has 6 nitrogen and oxygen atoms in total. The molecule has 0 bridgehead atoms. The number of halogens is 2. The van der Waals surface area contributed by atoms with Crippen LogP contribution >= 0.6 is 24.0 Å². The van der Waals surface area contributed by atoms with Crippen LogP contribution in [-0.4, -0.2) is 22.3 Å². The van der Waals surface area contributed by atoms with Gasteiger partial charge in [0.2, 0.25) is 0 Å². The maximum Gasteiger partial charge on any atom is 0.274 e. The first-order valence-corrected chi connectivity index (χ1v) is 5.97. The fourth-order valence-corrected chi connectivity index (χ4v) is 1.84. The molecule has 0 amide bonds. The fourth-order valence-electron chi connectivity index (χ4n) is 1.59. The number of aromatic nitrogens is 3. The number of hydrogen-bond donors (Lipinski definition) is 2. The van der Waals surface area contributed by atoms with Crippen molar-refractivity contribution < 1.29 is 4.74 Å². The molecule has 108 valence electrons. The van der Waals surface area contributed by atoms with Crippen LogP contribution in [0.2, 0.25) is 5.02 Å². The van der Waals surface area contributed by atoms with Crippen LogP contribution in [0.25, 0.3) is 11.4 Å². The standard InChI is InChI=1S/C12H13ClN4O2.ClH/c1-6(14)10-12(18)15-11(17-16-10)7-3-4-9(19-2)8(13)5-7;/h3-6H,14H2,1-2H3,(H,15,17,18);1H. The summed E-state index contributed by atoms with van der Waals surface area (Å²) in [6.07, 6.45) is 0.